The first-order valence-electron chi connectivity index (χ1n) is 8.50. The number of carboxylic acids is 1. The molecule has 2 heteroatoms. The molecule has 1 unspecified atom stereocenters. The predicted molar refractivity (Wildman–Crippen MR) is 84.6 cm³/mol. The number of aromatic carboxylic acids is 1. The number of carboxylic acid groups (broad SMARTS) is 1. The van der Waals surface area contributed by atoms with Crippen molar-refractivity contribution in [2.45, 2.75) is 57.8 Å². The van der Waals surface area contributed by atoms with Crippen LogP contribution in [-0.2, 0) is 0 Å². The lowest BCUT2D eigenvalue weighted by molar-refractivity contribution is 0.0697. The molecule has 0 bridgehead atoms. The summed E-state index contributed by atoms with van der Waals surface area (Å²) in [6, 6.07) is 7.59. The van der Waals surface area contributed by atoms with Crippen LogP contribution in [0.2, 0.25) is 0 Å². The standard InChI is InChI=1S/C19H26O2/c1-2-13-3-4-18-12-17(10-9-16(18)11-13)14-5-7-15(8-6-14)19(20)21/h5-8,13,16-18H,2-4,9-12H2,1H3,(H,20,21)/t13-,16-,17?,18+/m0/s1. The molecule has 0 aliphatic heterocycles. The first-order chi connectivity index (χ1) is 10.2. The highest BCUT2D eigenvalue weighted by Crippen LogP contribution is 2.48. The van der Waals surface area contributed by atoms with Crippen molar-refractivity contribution in [2.75, 3.05) is 0 Å². The van der Waals surface area contributed by atoms with Gasteiger partial charge in [0.1, 0.15) is 0 Å². The van der Waals surface area contributed by atoms with Gasteiger partial charge in [-0.3, -0.25) is 0 Å². The van der Waals surface area contributed by atoms with Crippen molar-refractivity contribution in [2.24, 2.45) is 17.8 Å². The summed E-state index contributed by atoms with van der Waals surface area (Å²) in [4.78, 5) is 10.9. The quantitative estimate of drug-likeness (QED) is 0.839. The Morgan fingerprint density at radius 2 is 1.71 bits per heavy atom. The normalized spacial score (nSPS) is 32.4. The minimum absolute atomic E-state index is 0.399. The largest absolute Gasteiger partial charge is 0.478 e. The average molecular weight is 286 g/mol. The molecule has 2 saturated carbocycles. The molecule has 0 radical (unpaired) electrons. The first-order valence-corrected chi connectivity index (χ1v) is 8.50. The lowest BCUT2D eigenvalue weighted by Gasteiger charge is -2.42. The molecule has 3 rings (SSSR count). The van der Waals surface area contributed by atoms with Crippen molar-refractivity contribution in [3.8, 4) is 0 Å². The van der Waals surface area contributed by atoms with E-state index in [1.165, 1.54) is 50.5 Å². The molecule has 0 heterocycles. The van der Waals surface area contributed by atoms with Crippen LogP contribution >= 0.6 is 0 Å². The first kappa shape index (κ1) is 14.6. The molecule has 2 aliphatic rings. The van der Waals surface area contributed by atoms with E-state index in [2.05, 4.69) is 6.92 Å². The van der Waals surface area contributed by atoms with Crippen molar-refractivity contribution in [3.63, 3.8) is 0 Å². The summed E-state index contributed by atoms with van der Waals surface area (Å²) in [6.45, 7) is 2.33. The monoisotopic (exact) mass is 286 g/mol. The fraction of sp³-hybridized carbons (Fsp3) is 0.632. The summed E-state index contributed by atoms with van der Waals surface area (Å²) >= 11 is 0. The van der Waals surface area contributed by atoms with Crippen molar-refractivity contribution in [1.82, 2.24) is 0 Å². The zero-order chi connectivity index (χ0) is 14.8. The molecular weight excluding hydrogens is 260 g/mol. The lowest BCUT2D eigenvalue weighted by Crippen LogP contribution is -2.30. The lowest BCUT2D eigenvalue weighted by atomic mass is 9.63. The van der Waals surface area contributed by atoms with Gasteiger partial charge >= 0.3 is 5.97 Å². The van der Waals surface area contributed by atoms with Gasteiger partial charge in [-0.05, 0) is 73.5 Å². The summed E-state index contributed by atoms with van der Waals surface area (Å²) in [7, 11) is 0. The number of hydrogen-bond acceptors (Lipinski definition) is 1. The van der Waals surface area contributed by atoms with Gasteiger partial charge in [0.25, 0.3) is 0 Å². The van der Waals surface area contributed by atoms with Gasteiger partial charge in [0, 0.05) is 0 Å². The van der Waals surface area contributed by atoms with E-state index < -0.39 is 5.97 Å². The van der Waals surface area contributed by atoms with Crippen LogP contribution < -0.4 is 0 Å². The SMILES string of the molecule is CC[C@H]1CC[C@@H]2CC(c3ccc(C(=O)O)cc3)CC[C@H]2C1. The molecule has 0 aromatic heterocycles. The van der Waals surface area contributed by atoms with Gasteiger partial charge in [-0.25, -0.2) is 4.79 Å². The third-order valence-corrected chi connectivity index (χ3v) is 5.93. The maximum atomic E-state index is 10.9. The molecule has 21 heavy (non-hydrogen) atoms. The Morgan fingerprint density at radius 1 is 1.05 bits per heavy atom. The second-order valence-corrected chi connectivity index (χ2v) is 7.04. The molecule has 2 aliphatic carbocycles. The van der Waals surface area contributed by atoms with Crippen molar-refractivity contribution < 1.29 is 9.90 Å². The Balaban J connectivity index is 1.65. The highest BCUT2D eigenvalue weighted by atomic mass is 16.4. The van der Waals surface area contributed by atoms with E-state index >= 15 is 0 Å². The fourth-order valence-corrected chi connectivity index (χ4v) is 4.56. The predicted octanol–water partition coefficient (Wildman–Crippen LogP) is 5.09. The summed E-state index contributed by atoms with van der Waals surface area (Å²) in [6.07, 6.45) is 9.59. The Hall–Kier alpha value is -1.31. The molecule has 2 fully saturated rings. The summed E-state index contributed by atoms with van der Waals surface area (Å²) in [5.41, 5.74) is 1.74. The van der Waals surface area contributed by atoms with Crippen molar-refractivity contribution in [1.29, 1.82) is 0 Å². The third kappa shape index (κ3) is 3.14. The number of fused-ring (bicyclic) bond motifs is 1. The highest BCUT2D eigenvalue weighted by molar-refractivity contribution is 5.87. The summed E-state index contributed by atoms with van der Waals surface area (Å²) < 4.78 is 0. The fourth-order valence-electron chi connectivity index (χ4n) is 4.56. The van der Waals surface area contributed by atoms with Gasteiger partial charge in [-0.1, -0.05) is 31.9 Å². The van der Waals surface area contributed by atoms with Crippen LogP contribution in [0.4, 0.5) is 0 Å². The Bertz CT molecular complexity index is 491. The number of rotatable bonds is 3. The molecule has 0 spiro atoms. The van der Waals surface area contributed by atoms with Crippen LogP contribution in [0.1, 0.15) is 73.7 Å². The number of benzene rings is 1. The van der Waals surface area contributed by atoms with Gasteiger partial charge in [-0.15, -0.1) is 0 Å². The average Bonchev–Trinajstić information content (AvgIpc) is 2.54. The topological polar surface area (TPSA) is 37.3 Å². The van der Waals surface area contributed by atoms with Crippen molar-refractivity contribution in [3.05, 3.63) is 35.4 Å². The van der Waals surface area contributed by atoms with Crippen LogP contribution in [0.25, 0.3) is 0 Å². The van der Waals surface area contributed by atoms with E-state index in [1.807, 2.05) is 12.1 Å². The minimum Gasteiger partial charge on any atom is -0.478 e. The second-order valence-electron chi connectivity index (χ2n) is 7.04. The van der Waals surface area contributed by atoms with Gasteiger partial charge < -0.3 is 5.11 Å². The molecule has 114 valence electrons. The van der Waals surface area contributed by atoms with Crippen LogP contribution in [0.3, 0.4) is 0 Å². The Morgan fingerprint density at radius 3 is 2.38 bits per heavy atom. The number of hydrogen-bond donors (Lipinski definition) is 1. The van der Waals surface area contributed by atoms with Crippen molar-refractivity contribution >= 4 is 5.97 Å². The van der Waals surface area contributed by atoms with E-state index in [1.54, 1.807) is 12.1 Å². The smallest absolute Gasteiger partial charge is 0.335 e. The Kier molecular flexibility index (Phi) is 4.32. The summed E-state index contributed by atoms with van der Waals surface area (Å²) in [5, 5.41) is 8.99. The summed E-state index contributed by atoms with van der Waals surface area (Å²) in [5.74, 6) is 2.65. The molecule has 4 atom stereocenters. The van der Waals surface area contributed by atoms with Gasteiger partial charge in [0.15, 0.2) is 0 Å². The van der Waals surface area contributed by atoms with Crippen LogP contribution in [-0.4, -0.2) is 11.1 Å². The number of carbonyl (C=O) groups is 1. The maximum absolute atomic E-state index is 10.9. The van der Waals surface area contributed by atoms with E-state index in [0.717, 1.165) is 17.8 Å². The van der Waals surface area contributed by atoms with Crippen LogP contribution in [0.5, 0.6) is 0 Å². The molecule has 2 nitrogen and oxygen atoms in total. The molecule has 1 aromatic rings. The minimum atomic E-state index is -0.830. The molecule has 0 amide bonds. The molecule has 1 aromatic carbocycles. The molecular formula is C19H26O2. The maximum Gasteiger partial charge on any atom is 0.335 e. The van der Waals surface area contributed by atoms with Crippen LogP contribution in [0.15, 0.2) is 24.3 Å². The zero-order valence-electron chi connectivity index (χ0n) is 12.9. The van der Waals surface area contributed by atoms with Crippen LogP contribution in [0, 0.1) is 17.8 Å². The second kappa shape index (κ2) is 6.21. The van der Waals surface area contributed by atoms with E-state index in [-0.39, 0.29) is 0 Å². The molecule has 1 N–H and O–H groups in total. The third-order valence-electron chi connectivity index (χ3n) is 5.93. The Labute approximate surface area is 127 Å². The van der Waals surface area contributed by atoms with E-state index in [0.29, 0.717) is 11.5 Å². The van der Waals surface area contributed by atoms with Gasteiger partial charge in [-0.2, -0.15) is 0 Å². The van der Waals surface area contributed by atoms with Gasteiger partial charge in [0.05, 0.1) is 5.56 Å². The molecule has 0 saturated heterocycles. The highest BCUT2D eigenvalue weighted by Gasteiger charge is 2.35. The zero-order valence-corrected chi connectivity index (χ0v) is 12.9. The van der Waals surface area contributed by atoms with E-state index in [9.17, 15) is 4.79 Å². The van der Waals surface area contributed by atoms with E-state index in [4.69, 9.17) is 5.11 Å². The van der Waals surface area contributed by atoms with Gasteiger partial charge in [0.2, 0.25) is 0 Å².